The van der Waals surface area contributed by atoms with Crippen LogP contribution in [-0.2, 0) is 11.2 Å². The smallest absolute Gasteiger partial charge is 0.260 e. The van der Waals surface area contributed by atoms with Gasteiger partial charge in [-0.05, 0) is 73.6 Å². The maximum Gasteiger partial charge on any atom is 0.260 e. The van der Waals surface area contributed by atoms with E-state index in [1.165, 1.54) is 5.56 Å². The van der Waals surface area contributed by atoms with Crippen molar-refractivity contribution in [1.29, 1.82) is 5.26 Å². The minimum atomic E-state index is -0.0374. The number of benzene rings is 1. The fourth-order valence-electron chi connectivity index (χ4n) is 4.76. The van der Waals surface area contributed by atoms with E-state index in [2.05, 4.69) is 22.1 Å². The van der Waals surface area contributed by atoms with E-state index in [1.807, 2.05) is 17.0 Å². The van der Waals surface area contributed by atoms with Crippen LogP contribution in [0.25, 0.3) is 11.3 Å². The number of aryl methyl sites for hydroxylation is 1. The highest BCUT2D eigenvalue weighted by atomic mass is 16.5. The van der Waals surface area contributed by atoms with Gasteiger partial charge in [0, 0.05) is 37.5 Å². The maximum absolute atomic E-state index is 12.9. The predicted octanol–water partition coefficient (Wildman–Crippen LogP) is 4.43. The van der Waals surface area contributed by atoms with E-state index < -0.39 is 0 Å². The number of pyridine rings is 2. The summed E-state index contributed by atoms with van der Waals surface area (Å²) in [4.78, 5) is 23.2. The van der Waals surface area contributed by atoms with Crippen LogP contribution in [0.4, 0.5) is 0 Å². The second-order valence-electron chi connectivity index (χ2n) is 9.38. The van der Waals surface area contributed by atoms with Crippen molar-refractivity contribution in [2.75, 3.05) is 32.9 Å². The van der Waals surface area contributed by atoms with Crippen molar-refractivity contribution in [1.82, 2.24) is 14.9 Å². The highest BCUT2D eigenvalue weighted by Gasteiger charge is 2.23. The van der Waals surface area contributed by atoms with Crippen molar-refractivity contribution in [3.8, 4) is 34.6 Å². The lowest BCUT2D eigenvalue weighted by Crippen LogP contribution is -2.41. The molecule has 2 aliphatic heterocycles. The van der Waals surface area contributed by atoms with E-state index in [9.17, 15) is 4.79 Å². The monoisotopic (exact) mass is 498 g/mol. The Balaban J connectivity index is 1.09. The van der Waals surface area contributed by atoms with Crippen LogP contribution in [0, 0.1) is 17.2 Å². The number of piperidine rings is 1. The van der Waals surface area contributed by atoms with Gasteiger partial charge in [-0.25, -0.2) is 4.98 Å². The molecule has 1 fully saturated rings. The minimum absolute atomic E-state index is 0.0193. The Labute approximate surface area is 216 Å². The van der Waals surface area contributed by atoms with Crippen LogP contribution in [-0.4, -0.2) is 53.7 Å². The van der Waals surface area contributed by atoms with Crippen molar-refractivity contribution in [2.45, 2.75) is 32.1 Å². The van der Waals surface area contributed by atoms with E-state index >= 15 is 0 Å². The molecule has 8 heteroatoms. The van der Waals surface area contributed by atoms with E-state index in [4.69, 9.17) is 19.5 Å². The van der Waals surface area contributed by atoms with Crippen molar-refractivity contribution in [2.24, 2.45) is 5.92 Å². The summed E-state index contributed by atoms with van der Waals surface area (Å²) in [5.74, 6) is 2.78. The van der Waals surface area contributed by atoms with Crippen molar-refractivity contribution in [3.63, 3.8) is 0 Å². The average Bonchev–Trinajstić information content (AvgIpc) is 3.20. The highest BCUT2D eigenvalue weighted by molar-refractivity contribution is 5.78. The number of amides is 1. The first-order chi connectivity index (χ1) is 18.2. The second-order valence-corrected chi connectivity index (χ2v) is 9.38. The Hall–Kier alpha value is -4.12. The quantitative estimate of drug-likeness (QED) is 0.475. The molecule has 37 heavy (non-hydrogen) atoms. The summed E-state index contributed by atoms with van der Waals surface area (Å²) >= 11 is 0. The molecule has 1 aromatic carbocycles. The third-order valence-corrected chi connectivity index (χ3v) is 6.89. The Morgan fingerprint density at radius 1 is 1.08 bits per heavy atom. The molecule has 4 heterocycles. The summed E-state index contributed by atoms with van der Waals surface area (Å²) in [5, 5.41) is 8.97. The number of aromatic nitrogens is 2. The van der Waals surface area contributed by atoms with Gasteiger partial charge in [0.15, 0.2) is 18.1 Å². The third-order valence-electron chi connectivity index (χ3n) is 6.89. The predicted molar refractivity (Wildman–Crippen MR) is 137 cm³/mol. The molecule has 5 rings (SSSR count). The number of rotatable bonds is 7. The molecule has 0 N–H and O–H groups in total. The fraction of sp³-hybridized carbons (Fsp3) is 0.379. The van der Waals surface area contributed by atoms with Gasteiger partial charge < -0.3 is 19.1 Å². The molecule has 2 aliphatic rings. The zero-order valence-corrected chi connectivity index (χ0v) is 20.8. The number of nitrogens with zero attached hydrogens (tertiary/aromatic N) is 4. The molecular weight excluding hydrogens is 468 g/mol. The molecule has 8 nitrogen and oxygen atoms in total. The zero-order valence-electron chi connectivity index (χ0n) is 20.8. The molecule has 0 aliphatic carbocycles. The summed E-state index contributed by atoms with van der Waals surface area (Å²) < 4.78 is 17.4. The summed E-state index contributed by atoms with van der Waals surface area (Å²) in [5.41, 5.74) is 2.93. The molecule has 190 valence electrons. The lowest BCUT2D eigenvalue weighted by molar-refractivity contribution is -0.134. The number of carbonyl (C=O) groups is 1. The molecule has 0 saturated carbocycles. The maximum atomic E-state index is 12.9. The summed E-state index contributed by atoms with van der Waals surface area (Å²) in [6.45, 7) is 2.85. The van der Waals surface area contributed by atoms with Crippen LogP contribution < -0.4 is 14.2 Å². The van der Waals surface area contributed by atoms with Crippen LogP contribution in [0.3, 0.4) is 0 Å². The van der Waals surface area contributed by atoms with Crippen molar-refractivity contribution >= 4 is 5.91 Å². The number of nitriles is 1. The first-order valence-electron chi connectivity index (χ1n) is 12.8. The molecule has 1 amide bonds. The SMILES string of the molecule is N#Cc1ccc(-c2ncccc2OCC(=O)N2CCC(CCc3ccc4c(c3)OCCCO4)CC2)cn1. The molecule has 0 radical (unpaired) electrons. The summed E-state index contributed by atoms with van der Waals surface area (Å²) in [7, 11) is 0. The summed E-state index contributed by atoms with van der Waals surface area (Å²) in [6, 6.07) is 15.2. The van der Waals surface area contributed by atoms with Gasteiger partial charge in [0.05, 0.1) is 13.2 Å². The number of hydrogen-bond donors (Lipinski definition) is 0. The molecule has 2 aromatic heterocycles. The molecule has 0 atom stereocenters. The van der Waals surface area contributed by atoms with Gasteiger partial charge in [0.2, 0.25) is 0 Å². The molecule has 1 saturated heterocycles. The van der Waals surface area contributed by atoms with Crippen LogP contribution in [0.1, 0.15) is 36.9 Å². The van der Waals surface area contributed by atoms with Gasteiger partial charge in [0.25, 0.3) is 5.91 Å². The van der Waals surface area contributed by atoms with E-state index in [1.54, 1.807) is 36.7 Å². The number of ether oxygens (including phenoxy) is 3. The van der Waals surface area contributed by atoms with Gasteiger partial charge in [-0.3, -0.25) is 9.78 Å². The van der Waals surface area contributed by atoms with Crippen LogP contribution in [0.15, 0.2) is 54.9 Å². The first-order valence-corrected chi connectivity index (χ1v) is 12.8. The van der Waals surface area contributed by atoms with Gasteiger partial charge in [-0.2, -0.15) is 5.26 Å². The first kappa shape index (κ1) is 24.6. The number of hydrogen-bond acceptors (Lipinski definition) is 7. The van der Waals surface area contributed by atoms with Crippen LogP contribution >= 0.6 is 0 Å². The van der Waals surface area contributed by atoms with Crippen LogP contribution in [0.5, 0.6) is 17.2 Å². The van der Waals surface area contributed by atoms with Gasteiger partial charge in [0.1, 0.15) is 23.2 Å². The molecule has 3 aromatic rings. The normalized spacial score (nSPS) is 15.5. The van der Waals surface area contributed by atoms with Gasteiger partial charge in [-0.1, -0.05) is 6.07 Å². The Morgan fingerprint density at radius 3 is 2.70 bits per heavy atom. The Morgan fingerprint density at radius 2 is 1.92 bits per heavy atom. The fourth-order valence-corrected chi connectivity index (χ4v) is 4.76. The molecule has 0 spiro atoms. The largest absolute Gasteiger partial charge is 0.490 e. The van der Waals surface area contributed by atoms with Gasteiger partial charge in [-0.15, -0.1) is 0 Å². The van der Waals surface area contributed by atoms with Gasteiger partial charge >= 0.3 is 0 Å². The number of fused-ring (bicyclic) bond motifs is 1. The highest BCUT2D eigenvalue weighted by Crippen LogP contribution is 2.32. The molecular formula is C29H30N4O4. The lowest BCUT2D eigenvalue weighted by Gasteiger charge is -2.32. The standard InChI is InChI=1S/C29H30N4O4/c30-18-24-8-7-23(19-32-24)29-26(3-1-12-31-29)37-20-28(34)33-13-10-21(11-14-33)4-5-22-6-9-25-27(17-22)36-16-2-15-35-25/h1,3,6-9,12,17,19,21H,2,4-5,10-11,13-16,20H2. The number of likely N-dealkylation sites (tertiary alicyclic amines) is 1. The molecule has 0 unspecified atom stereocenters. The van der Waals surface area contributed by atoms with Crippen molar-refractivity contribution in [3.05, 3.63) is 66.1 Å². The van der Waals surface area contributed by atoms with E-state index in [0.717, 1.165) is 62.3 Å². The third kappa shape index (κ3) is 6.18. The molecule has 0 bridgehead atoms. The van der Waals surface area contributed by atoms with Crippen molar-refractivity contribution < 1.29 is 19.0 Å². The lowest BCUT2D eigenvalue weighted by atomic mass is 9.90. The number of carbonyl (C=O) groups excluding carboxylic acids is 1. The van der Waals surface area contributed by atoms with E-state index in [0.29, 0.717) is 36.3 Å². The van der Waals surface area contributed by atoms with E-state index in [-0.39, 0.29) is 12.5 Å². The zero-order chi connectivity index (χ0) is 25.5. The minimum Gasteiger partial charge on any atom is -0.490 e. The Kier molecular flexibility index (Phi) is 7.80. The Bertz CT molecular complexity index is 1260. The average molecular weight is 499 g/mol. The second kappa shape index (κ2) is 11.7. The van der Waals surface area contributed by atoms with Crippen LogP contribution in [0.2, 0.25) is 0 Å². The topological polar surface area (TPSA) is 97.6 Å². The summed E-state index contributed by atoms with van der Waals surface area (Å²) in [6.07, 6.45) is 8.23.